The zero-order valence-corrected chi connectivity index (χ0v) is 8.89. The Labute approximate surface area is 79.8 Å². The fourth-order valence-electron chi connectivity index (χ4n) is 1.71. The van der Waals surface area contributed by atoms with Gasteiger partial charge in [-0.2, -0.15) is 0 Å². The average Bonchev–Trinajstić information content (AvgIpc) is 1.78. The van der Waals surface area contributed by atoms with E-state index in [1.807, 2.05) is 0 Å². The van der Waals surface area contributed by atoms with Crippen LogP contribution >= 0.6 is 0 Å². The minimum atomic E-state index is 0.0480. The van der Waals surface area contributed by atoms with Gasteiger partial charge in [-0.1, -0.05) is 20.8 Å². The van der Waals surface area contributed by atoms with Crippen LogP contribution in [0.15, 0.2) is 0 Å². The third kappa shape index (κ3) is 2.69. The summed E-state index contributed by atoms with van der Waals surface area (Å²) < 4.78 is 5.14. The van der Waals surface area contributed by atoms with Crippen LogP contribution in [-0.4, -0.2) is 25.2 Å². The van der Waals surface area contributed by atoms with Crippen LogP contribution in [0.4, 0.5) is 0 Å². The van der Waals surface area contributed by atoms with Gasteiger partial charge in [-0.15, -0.1) is 0 Å². The molecular formula is C10H19NO2. The highest BCUT2D eigenvalue weighted by molar-refractivity contribution is 5.73. The Balaban J connectivity index is 2.58. The Morgan fingerprint density at radius 3 is 2.23 bits per heavy atom. The molecule has 0 spiro atoms. The summed E-state index contributed by atoms with van der Waals surface area (Å²) in [5, 5.41) is 3.00. The van der Waals surface area contributed by atoms with Gasteiger partial charge < -0.3 is 10.1 Å². The van der Waals surface area contributed by atoms with E-state index >= 15 is 0 Å². The molecule has 1 amide bonds. The van der Waals surface area contributed by atoms with Crippen molar-refractivity contribution < 1.29 is 9.53 Å². The summed E-state index contributed by atoms with van der Waals surface area (Å²) in [6, 6.07) is 0.235. The molecule has 0 saturated carbocycles. The topological polar surface area (TPSA) is 38.3 Å². The second kappa shape index (κ2) is 3.66. The molecule has 1 aliphatic rings. The van der Waals surface area contributed by atoms with Gasteiger partial charge in [0, 0.05) is 18.9 Å². The maximum absolute atomic E-state index is 11.0. The molecule has 0 aliphatic carbocycles. The first-order valence-corrected chi connectivity index (χ1v) is 4.76. The van der Waals surface area contributed by atoms with Crippen LogP contribution < -0.4 is 5.32 Å². The Kier molecular flexibility index (Phi) is 2.96. The van der Waals surface area contributed by atoms with E-state index in [1.54, 1.807) is 6.92 Å². The molecular weight excluding hydrogens is 166 g/mol. The predicted molar refractivity (Wildman–Crippen MR) is 51.4 cm³/mol. The number of rotatable bonds is 2. The molecule has 1 fully saturated rings. The molecule has 0 aromatic heterocycles. The van der Waals surface area contributed by atoms with Crippen LogP contribution in [0.3, 0.4) is 0 Å². The van der Waals surface area contributed by atoms with Crippen molar-refractivity contribution in [2.45, 2.75) is 33.7 Å². The molecule has 3 nitrogen and oxygen atoms in total. The fourth-order valence-corrected chi connectivity index (χ4v) is 1.71. The second-order valence-electron chi connectivity index (χ2n) is 4.84. The number of hydrogen-bond donors (Lipinski definition) is 1. The van der Waals surface area contributed by atoms with Crippen LogP contribution in [0.5, 0.6) is 0 Å². The van der Waals surface area contributed by atoms with Crippen molar-refractivity contribution in [1.82, 2.24) is 5.32 Å². The van der Waals surface area contributed by atoms with E-state index in [0.29, 0.717) is 5.92 Å². The largest absolute Gasteiger partial charge is 0.381 e. The first kappa shape index (κ1) is 10.5. The number of nitrogens with one attached hydrogen (secondary N) is 1. The predicted octanol–water partition coefficient (Wildman–Crippen LogP) is 1.18. The molecule has 0 aromatic rings. The molecule has 0 aromatic carbocycles. The van der Waals surface area contributed by atoms with Gasteiger partial charge in [0.1, 0.15) is 0 Å². The van der Waals surface area contributed by atoms with Gasteiger partial charge in [0.2, 0.25) is 5.91 Å². The molecule has 76 valence electrons. The number of carbonyl (C=O) groups excluding carboxylic acids is 1. The molecule has 0 bridgehead atoms. The van der Waals surface area contributed by atoms with Gasteiger partial charge in [0.15, 0.2) is 0 Å². The summed E-state index contributed by atoms with van der Waals surface area (Å²) in [7, 11) is 0. The quantitative estimate of drug-likeness (QED) is 0.701. The van der Waals surface area contributed by atoms with Crippen LogP contribution in [-0.2, 0) is 9.53 Å². The molecule has 3 heteroatoms. The molecule has 1 aliphatic heterocycles. The van der Waals surface area contributed by atoms with Crippen molar-refractivity contribution in [2.24, 2.45) is 11.3 Å². The molecule has 13 heavy (non-hydrogen) atoms. The van der Waals surface area contributed by atoms with E-state index in [2.05, 4.69) is 26.1 Å². The molecule has 1 rings (SSSR count). The number of amides is 1. The summed E-state index contributed by atoms with van der Waals surface area (Å²) in [5.74, 6) is 0.538. The Morgan fingerprint density at radius 1 is 1.46 bits per heavy atom. The van der Waals surface area contributed by atoms with Crippen molar-refractivity contribution in [3.05, 3.63) is 0 Å². The van der Waals surface area contributed by atoms with Crippen LogP contribution in [0.1, 0.15) is 27.7 Å². The Hall–Kier alpha value is -0.570. The lowest BCUT2D eigenvalue weighted by atomic mass is 9.78. The zero-order valence-electron chi connectivity index (χ0n) is 8.89. The minimum Gasteiger partial charge on any atom is -0.381 e. The van der Waals surface area contributed by atoms with Crippen LogP contribution in [0, 0.1) is 11.3 Å². The maximum Gasteiger partial charge on any atom is 0.217 e. The highest BCUT2D eigenvalue weighted by Gasteiger charge is 2.36. The van der Waals surface area contributed by atoms with Crippen molar-refractivity contribution in [1.29, 1.82) is 0 Å². The number of hydrogen-bond acceptors (Lipinski definition) is 2. The van der Waals surface area contributed by atoms with E-state index in [-0.39, 0.29) is 17.4 Å². The van der Waals surface area contributed by atoms with Gasteiger partial charge in [-0.25, -0.2) is 0 Å². The van der Waals surface area contributed by atoms with E-state index in [0.717, 1.165) is 13.2 Å². The SMILES string of the molecule is CC(=O)NC(C1COC1)C(C)(C)C. The lowest BCUT2D eigenvalue weighted by Gasteiger charge is -2.41. The standard InChI is InChI=1S/C10H19NO2/c1-7(12)11-9(10(2,3)4)8-5-13-6-8/h8-9H,5-6H2,1-4H3,(H,11,12). The zero-order chi connectivity index (χ0) is 10.1. The molecule has 1 unspecified atom stereocenters. The second-order valence-corrected chi connectivity index (χ2v) is 4.84. The normalized spacial score (nSPS) is 20.6. The summed E-state index contributed by atoms with van der Waals surface area (Å²) in [5.41, 5.74) is 0.111. The van der Waals surface area contributed by atoms with E-state index < -0.39 is 0 Å². The van der Waals surface area contributed by atoms with E-state index in [1.165, 1.54) is 0 Å². The maximum atomic E-state index is 11.0. The lowest BCUT2D eigenvalue weighted by Crippen LogP contribution is -2.54. The number of ether oxygens (including phenoxy) is 1. The third-order valence-electron chi connectivity index (χ3n) is 2.43. The average molecular weight is 185 g/mol. The minimum absolute atomic E-state index is 0.0480. The van der Waals surface area contributed by atoms with E-state index in [9.17, 15) is 4.79 Å². The van der Waals surface area contributed by atoms with Crippen molar-refractivity contribution in [2.75, 3.05) is 13.2 Å². The molecule has 0 radical (unpaired) electrons. The molecule has 1 saturated heterocycles. The fraction of sp³-hybridized carbons (Fsp3) is 0.900. The Morgan fingerprint density at radius 2 is 2.00 bits per heavy atom. The van der Waals surface area contributed by atoms with Crippen LogP contribution in [0.2, 0.25) is 0 Å². The smallest absolute Gasteiger partial charge is 0.217 e. The van der Waals surface area contributed by atoms with Gasteiger partial charge in [-0.3, -0.25) is 4.79 Å². The Bertz CT molecular complexity index is 192. The molecule has 1 atom stereocenters. The summed E-state index contributed by atoms with van der Waals surface area (Å²) >= 11 is 0. The molecule has 1 heterocycles. The van der Waals surface area contributed by atoms with Gasteiger partial charge >= 0.3 is 0 Å². The van der Waals surface area contributed by atoms with Crippen molar-refractivity contribution >= 4 is 5.91 Å². The summed E-state index contributed by atoms with van der Waals surface area (Å²) in [6.45, 7) is 9.56. The highest BCUT2D eigenvalue weighted by Crippen LogP contribution is 2.29. The van der Waals surface area contributed by atoms with Crippen LogP contribution in [0.25, 0.3) is 0 Å². The summed E-state index contributed by atoms with van der Waals surface area (Å²) in [4.78, 5) is 11.0. The number of carbonyl (C=O) groups is 1. The monoisotopic (exact) mass is 185 g/mol. The van der Waals surface area contributed by atoms with Crippen molar-refractivity contribution in [3.63, 3.8) is 0 Å². The van der Waals surface area contributed by atoms with Crippen molar-refractivity contribution in [3.8, 4) is 0 Å². The third-order valence-corrected chi connectivity index (χ3v) is 2.43. The molecule has 1 N–H and O–H groups in total. The first-order valence-electron chi connectivity index (χ1n) is 4.76. The highest BCUT2D eigenvalue weighted by atomic mass is 16.5. The summed E-state index contributed by atoms with van der Waals surface area (Å²) in [6.07, 6.45) is 0. The first-order chi connectivity index (χ1) is 5.91. The van der Waals surface area contributed by atoms with Gasteiger partial charge in [0.25, 0.3) is 0 Å². The van der Waals surface area contributed by atoms with Gasteiger partial charge in [-0.05, 0) is 5.41 Å². The lowest BCUT2D eigenvalue weighted by molar-refractivity contribution is -0.124. The van der Waals surface area contributed by atoms with E-state index in [4.69, 9.17) is 4.74 Å². The van der Waals surface area contributed by atoms with Gasteiger partial charge in [0.05, 0.1) is 13.2 Å².